The van der Waals surface area contributed by atoms with Gasteiger partial charge in [-0.1, -0.05) is 0 Å². The van der Waals surface area contributed by atoms with E-state index in [1.54, 1.807) is 5.38 Å². The fourth-order valence-electron chi connectivity index (χ4n) is 1.09. The molecule has 0 bridgehead atoms. The van der Waals surface area contributed by atoms with Gasteiger partial charge < -0.3 is 11.1 Å². The average Bonchev–Trinajstić information content (AvgIpc) is 2.81. The van der Waals surface area contributed by atoms with Crippen LogP contribution >= 0.6 is 11.3 Å². The molecule has 0 spiro atoms. The summed E-state index contributed by atoms with van der Waals surface area (Å²) in [4.78, 5) is 15.7. The fraction of sp³-hybridized carbons (Fsp3) is 0.556. The van der Waals surface area contributed by atoms with Crippen molar-refractivity contribution in [3.63, 3.8) is 0 Å². The summed E-state index contributed by atoms with van der Waals surface area (Å²) in [5, 5.41) is 5.46. The molecule has 1 saturated carbocycles. The van der Waals surface area contributed by atoms with E-state index in [1.165, 1.54) is 11.3 Å². The van der Waals surface area contributed by atoms with Gasteiger partial charge in [-0.15, -0.1) is 11.3 Å². The van der Waals surface area contributed by atoms with Crippen molar-refractivity contribution < 1.29 is 4.79 Å². The smallest absolute Gasteiger partial charge is 0.270 e. The van der Waals surface area contributed by atoms with E-state index in [0.717, 1.165) is 17.8 Å². The normalized spacial score (nSPS) is 17.9. The van der Waals surface area contributed by atoms with Gasteiger partial charge in [0.1, 0.15) is 10.7 Å². The summed E-state index contributed by atoms with van der Waals surface area (Å²) in [5.74, 6) is -0.0735. The lowest BCUT2D eigenvalue weighted by Crippen LogP contribution is -2.25. The number of aromatic nitrogens is 1. The van der Waals surface area contributed by atoms with Crippen LogP contribution in [0.2, 0.25) is 0 Å². The van der Waals surface area contributed by atoms with Crippen LogP contribution in [-0.2, 0) is 0 Å². The molecule has 1 aliphatic rings. The van der Waals surface area contributed by atoms with Gasteiger partial charge in [0.05, 0.1) is 6.04 Å². The first-order valence-corrected chi connectivity index (χ1v) is 5.56. The van der Waals surface area contributed by atoms with Gasteiger partial charge in [0.2, 0.25) is 0 Å². The van der Waals surface area contributed by atoms with Gasteiger partial charge >= 0.3 is 0 Å². The molecule has 0 saturated heterocycles. The molecule has 1 aliphatic carbocycles. The lowest BCUT2D eigenvalue weighted by Gasteiger charge is -1.99. The number of thiazole rings is 1. The highest BCUT2D eigenvalue weighted by molar-refractivity contribution is 7.09. The molecule has 0 aromatic carbocycles. The maximum Gasteiger partial charge on any atom is 0.270 e. The first-order valence-electron chi connectivity index (χ1n) is 4.68. The quantitative estimate of drug-likeness (QED) is 0.785. The number of nitrogens with zero attached hydrogens (tertiary/aromatic N) is 1. The van der Waals surface area contributed by atoms with Crippen LogP contribution in [0.3, 0.4) is 0 Å². The minimum atomic E-state index is -0.0949. The van der Waals surface area contributed by atoms with Crippen molar-refractivity contribution in [2.45, 2.75) is 31.8 Å². The molecule has 1 aromatic rings. The maximum atomic E-state index is 11.5. The van der Waals surface area contributed by atoms with E-state index >= 15 is 0 Å². The van der Waals surface area contributed by atoms with Gasteiger partial charge in [-0.2, -0.15) is 0 Å². The molecule has 1 heterocycles. The van der Waals surface area contributed by atoms with Crippen molar-refractivity contribution in [2.24, 2.45) is 5.73 Å². The molecule has 1 fully saturated rings. The van der Waals surface area contributed by atoms with Gasteiger partial charge in [-0.05, 0) is 19.8 Å². The number of carbonyl (C=O) groups is 1. The van der Waals surface area contributed by atoms with Crippen LogP contribution in [0, 0.1) is 0 Å². The topological polar surface area (TPSA) is 68.0 Å². The van der Waals surface area contributed by atoms with Crippen molar-refractivity contribution in [1.82, 2.24) is 10.3 Å². The molecule has 1 aromatic heterocycles. The van der Waals surface area contributed by atoms with Crippen molar-refractivity contribution in [1.29, 1.82) is 0 Å². The van der Waals surface area contributed by atoms with Crippen molar-refractivity contribution >= 4 is 17.2 Å². The fourth-order valence-corrected chi connectivity index (χ4v) is 1.85. The van der Waals surface area contributed by atoms with Gasteiger partial charge in [0, 0.05) is 11.4 Å². The second-order valence-electron chi connectivity index (χ2n) is 3.61. The molecule has 1 unspecified atom stereocenters. The Kier molecular flexibility index (Phi) is 2.52. The van der Waals surface area contributed by atoms with Crippen LogP contribution in [0.5, 0.6) is 0 Å². The Morgan fingerprint density at radius 3 is 3.00 bits per heavy atom. The zero-order valence-corrected chi connectivity index (χ0v) is 8.80. The summed E-state index contributed by atoms with van der Waals surface area (Å²) < 4.78 is 0. The summed E-state index contributed by atoms with van der Waals surface area (Å²) >= 11 is 1.44. The van der Waals surface area contributed by atoms with Crippen LogP contribution in [-0.4, -0.2) is 16.9 Å². The summed E-state index contributed by atoms with van der Waals surface area (Å²) in [5.41, 5.74) is 6.15. The van der Waals surface area contributed by atoms with Crippen LogP contribution in [0.1, 0.15) is 41.3 Å². The molecule has 0 radical (unpaired) electrons. The number of hydrogen-bond donors (Lipinski definition) is 2. The largest absolute Gasteiger partial charge is 0.348 e. The number of carbonyl (C=O) groups excluding carboxylic acids is 1. The third-order valence-corrected chi connectivity index (χ3v) is 3.10. The van der Waals surface area contributed by atoms with E-state index in [4.69, 9.17) is 5.73 Å². The molecule has 0 aliphatic heterocycles. The molecule has 3 N–H and O–H groups in total. The Bertz CT molecular complexity index is 344. The number of amides is 1. The summed E-state index contributed by atoms with van der Waals surface area (Å²) in [6.07, 6.45) is 2.19. The zero-order chi connectivity index (χ0) is 10.1. The Balaban J connectivity index is 2.03. The monoisotopic (exact) mass is 211 g/mol. The van der Waals surface area contributed by atoms with Gasteiger partial charge in [0.25, 0.3) is 5.91 Å². The van der Waals surface area contributed by atoms with E-state index in [9.17, 15) is 4.79 Å². The van der Waals surface area contributed by atoms with Crippen molar-refractivity contribution in [2.75, 3.05) is 0 Å². The maximum absolute atomic E-state index is 11.5. The summed E-state index contributed by atoms with van der Waals surface area (Å²) in [6, 6.07) is 0.283. The molecule has 5 heteroatoms. The number of nitrogens with two attached hydrogens (primary N) is 1. The molecule has 2 rings (SSSR count). The Labute approximate surface area is 86.5 Å². The van der Waals surface area contributed by atoms with Gasteiger partial charge in [-0.3, -0.25) is 4.79 Å². The highest BCUT2D eigenvalue weighted by Crippen LogP contribution is 2.20. The lowest BCUT2D eigenvalue weighted by atomic mass is 10.4. The lowest BCUT2D eigenvalue weighted by molar-refractivity contribution is 0.0946. The predicted octanol–water partition coefficient (Wildman–Crippen LogP) is 1.05. The number of rotatable bonds is 3. The minimum Gasteiger partial charge on any atom is -0.348 e. The van der Waals surface area contributed by atoms with E-state index in [1.807, 2.05) is 6.92 Å². The summed E-state index contributed by atoms with van der Waals surface area (Å²) in [6.45, 7) is 1.86. The summed E-state index contributed by atoms with van der Waals surface area (Å²) in [7, 11) is 0. The standard InChI is InChI=1S/C9H13N3OS/c1-5(10)9-12-7(4-14-9)8(13)11-6-2-3-6/h4-6H,2-3,10H2,1H3,(H,11,13). The number of nitrogens with one attached hydrogen (secondary N) is 1. The highest BCUT2D eigenvalue weighted by atomic mass is 32.1. The molecule has 1 amide bonds. The van der Waals surface area contributed by atoms with E-state index in [2.05, 4.69) is 10.3 Å². The minimum absolute atomic E-state index is 0.0735. The first kappa shape index (κ1) is 9.61. The molecule has 76 valence electrons. The molecular weight excluding hydrogens is 198 g/mol. The Morgan fingerprint density at radius 2 is 2.50 bits per heavy atom. The van der Waals surface area contributed by atoms with Crippen molar-refractivity contribution in [3.8, 4) is 0 Å². The third kappa shape index (κ3) is 2.10. The van der Waals surface area contributed by atoms with Crippen LogP contribution in [0.25, 0.3) is 0 Å². The van der Waals surface area contributed by atoms with Crippen LogP contribution < -0.4 is 11.1 Å². The molecule has 1 atom stereocenters. The van der Waals surface area contributed by atoms with E-state index < -0.39 is 0 Å². The van der Waals surface area contributed by atoms with Crippen LogP contribution in [0.15, 0.2) is 5.38 Å². The van der Waals surface area contributed by atoms with Crippen molar-refractivity contribution in [3.05, 3.63) is 16.1 Å². The Morgan fingerprint density at radius 1 is 1.79 bits per heavy atom. The first-order chi connectivity index (χ1) is 6.66. The van der Waals surface area contributed by atoms with Crippen LogP contribution in [0.4, 0.5) is 0 Å². The zero-order valence-electron chi connectivity index (χ0n) is 7.99. The molecule has 4 nitrogen and oxygen atoms in total. The highest BCUT2D eigenvalue weighted by Gasteiger charge is 2.24. The van der Waals surface area contributed by atoms with Gasteiger partial charge in [-0.25, -0.2) is 4.98 Å². The Hall–Kier alpha value is -0.940. The van der Waals surface area contributed by atoms with Gasteiger partial charge in [0.15, 0.2) is 0 Å². The molecule has 14 heavy (non-hydrogen) atoms. The second-order valence-corrected chi connectivity index (χ2v) is 4.50. The predicted molar refractivity (Wildman–Crippen MR) is 55.2 cm³/mol. The number of hydrogen-bond acceptors (Lipinski definition) is 4. The average molecular weight is 211 g/mol. The van der Waals surface area contributed by atoms with E-state index in [0.29, 0.717) is 11.7 Å². The second kappa shape index (κ2) is 3.67. The van der Waals surface area contributed by atoms with E-state index in [-0.39, 0.29) is 11.9 Å². The molecular formula is C9H13N3OS. The SMILES string of the molecule is CC(N)c1nc(C(=O)NC2CC2)cs1. The third-order valence-electron chi connectivity index (χ3n) is 2.06.